The second kappa shape index (κ2) is 7.66. The van der Waals surface area contributed by atoms with Crippen molar-refractivity contribution in [2.75, 3.05) is 13.7 Å². The van der Waals surface area contributed by atoms with E-state index >= 15 is 0 Å². The quantitative estimate of drug-likeness (QED) is 0.616. The first-order valence-corrected chi connectivity index (χ1v) is 9.43. The van der Waals surface area contributed by atoms with Crippen LogP contribution in [0.3, 0.4) is 0 Å². The SMILES string of the molecule is C=CCOC(=O)C1=C(C)NC2=C(C(=O)CC(C)(C)C2)C1c1cccc(OC)c1. The Morgan fingerprint density at radius 1 is 1.36 bits per heavy atom. The number of methoxy groups -OCH3 is 1. The number of rotatable bonds is 5. The van der Waals surface area contributed by atoms with Crippen LogP contribution in [0.5, 0.6) is 5.75 Å². The summed E-state index contributed by atoms with van der Waals surface area (Å²) in [6.07, 6.45) is 2.73. The van der Waals surface area contributed by atoms with Gasteiger partial charge in [0, 0.05) is 29.3 Å². The molecule has 1 heterocycles. The number of carbonyl (C=O) groups excluding carboxylic acids is 2. The van der Waals surface area contributed by atoms with Crippen LogP contribution in [-0.2, 0) is 14.3 Å². The normalized spacial score (nSPS) is 21.0. The number of ether oxygens (including phenoxy) is 2. The number of Topliss-reactive ketones (excluding diaryl/α,β-unsaturated/α-hetero) is 1. The largest absolute Gasteiger partial charge is 0.497 e. The number of dihydropyridines is 1. The summed E-state index contributed by atoms with van der Waals surface area (Å²) in [5.41, 5.74) is 3.44. The molecule has 5 nitrogen and oxygen atoms in total. The molecule has 0 aromatic heterocycles. The van der Waals surface area contributed by atoms with E-state index in [1.54, 1.807) is 7.11 Å². The highest BCUT2D eigenvalue weighted by molar-refractivity contribution is 6.04. The molecule has 0 fully saturated rings. The van der Waals surface area contributed by atoms with Gasteiger partial charge in [0.05, 0.1) is 12.7 Å². The van der Waals surface area contributed by atoms with E-state index in [2.05, 4.69) is 25.7 Å². The standard InChI is InChI=1S/C23H27NO4/c1-6-10-28-22(26)19-14(2)24-17-12-23(3,4)13-18(25)21(17)20(19)15-8-7-9-16(11-15)27-5/h6-9,11,20,24H,1,10,12-13H2,2-5H3. The van der Waals surface area contributed by atoms with Crippen LogP contribution in [0.1, 0.15) is 45.1 Å². The van der Waals surface area contributed by atoms with Gasteiger partial charge in [0.25, 0.3) is 0 Å². The second-order valence-electron chi connectivity index (χ2n) is 8.09. The molecule has 2 aliphatic rings. The molecule has 1 aromatic rings. The van der Waals surface area contributed by atoms with Gasteiger partial charge in [0.1, 0.15) is 12.4 Å². The molecule has 1 aliphatic carbocycles. The van der Waals surface area contributed by atoms with E-state index in [1.807, 2.05) is 31.2 Å². The molecular formula is C23H27NO4. The number of allylic oxidation sites excluding steroid dienone is 3. The summed E-state index contributed by atoms with van der Waals surface area (Å²) in [5.74, 6) is -0.180. The van der Waals surface area contributed by atoms with Gasteiger partial charge in [0.15, 0.2) is 5.78 Å². The Bertz CT molecular complexity index is 892. The van der Waals surface area contributed by atoms with Gasteiger partial charge in [-0.1, -0.05) is 38.6 Å². The van der Waals surface area contributed by atoms with E-state index in [9.17, 15) is 9.59 Å². The zero-order valence-electron chi connectivity index (χ0n) is 16.9. The van der Waals surface area contributed by atoms with E-state index in [0.717, 1.165) is 17.7 Å². The van der Waals surface area contributed by atoms with Crippen molar-refractivity contribution < 1.29 is 19.1 Å². The van der Waals surface area contributed by atoms with Crippen molar-refractivity contribution in [1.29, 1.82) is 0 Å². The molecule has 0 saturated heterocycles. The van der Waals surface area contributed by atoms with Gasteiger partial charge in [0.2, 0.25) is 0 Å². The van der Waals surface area contributed by atoms with Crippen molar-refractivity contribution in [2.24, 2.45) is 5.41 Å². The number of benzene rings is 1. The van der Waals surface area contributed by atoms with Crippen molar-refractivity contribution >= 4 is 11.8 Å². The Kier molecular flexibility index (Phi) is 5.45. The third-order valence-electron chi connectivity index (χ3n) is 5.22. The number of nitrogens with one attached hydrogen (secondary N) is 1. The van der Waals surface area contributed by atoms with E-state index < -0.39 is 11.9 Å². The average molecular weight is 381 g/mol. The van der Waals surface area contributed by atoms with E-state index in [-0.39, 0.29) is 17.8 Å². The molecule has 1 N–H and O–H groups in total. The van der Waals surface area contributed by atoms with Crippen molar-refractivity contribution in [2.45, 2.75) is 39.5 Å². The molecule has 3 rings (SSSR count). The van der Waals surface area contributed by atoms with Crippen molar-refractivity contribution in [3.8, 4) is 5.75 Å². The van der Waals surface area contributed by atoms with E-state index in [1.165, 1.54) is 6.08 Å². The molecule has 0 amide bonds. The van der Waals surface area contributed by atoms with Gasteiger partial charge in [-0.3, -0.25) is 4.79 Å². The fourth-order valence-electron chi connectivity index (χ4n) is 4.07. The van der Waals surface area contributed by atoms with Crippen LogP contribution in [0.2, 0.25) is 0 Å². The minimum Gasteiger partial charge on any atom is -0.497 e. The Morgan fingerprint density at radius 2 is 2.11 bits per heavy atom. The highest BCUT2D eigenvalue weighted by atomic mass is 16.5. The van der Waals surface area contributed by atoms with Crippen LogP contribution in [0, 0.1) is 5.41 Å². The fourth-order valence-corrected chi connectivity index (χ4v) is 4.07. The number of hydrogen-bond acceptors (Lipinski definition) is 5. The zero-order valence-corrected chi connectivity index (χ0v) is 16.9. The Hall–Kier alpha value is -2.82. The van der Waals surface area contributed by atoms with Crippen LogP contribution in [0.25, 0.3) is 0 Å². The predicted molar refractivity (Wildman–Crippen MR) is 108 cm³/mol. The molecule has 1 aromatic carbocycles. The molecule has 0 saturated carbocycles. The van der Waals surface area contributed by atoms with Crippen LogP contribution >= 0.6 is 0 Å². The number of hydrogen-bond donors (Lipinski definition) is 1. The first kappa shape index (κ1) is 19.9. The summed E-state index contributed by atoms with van der Waals surface area (Å²) < 4.78 is 10.7. The topological polar surface area (TPSA) is 64.6 Å². The maximum absolute atomic E-state index is 13.2. The number of ketones is 1. The molecule has 148 valence electrons. The molecule has 1 unspecified atom stereocenters. The Balaban J connectivity index is 2.16. The van der Waals surface area contributed by atoms with Gasteiger partial charge in [-0.2, -0.15) is 0 Å². The molecular weight excluding hydrogens is 354 g/mol. The van der Waals surface area contributed by atoms with Crippen LogP contribution in [0.15, 0.2) is 59.5 Å². The van der Waals surface area contributed by atoms with Crippen LogP contribution < -0.4 is 10.1 Å². The molecule has 0 radical (unpaired) electrons. The van der Waals surface area contributed by atoms with Crippen LogP contribution in [0.4, 0.5) is 0 Å². The van der Waals surface area contributed by atoms with E-state index in [0.29, 0.717) is 29.0 Å². The van der Waals surface area contributed by atoms with Gasteiger partial charge in [-0.05, 0) is 36.5 Å². The summed E-state index contributed by atoms with van der Waals surface area (Å²) in [5, 5.41) is 3.32. The summed E-state index contributed by atoms with van der Waals surface area (Å²) in [6.45, 7) is 9.75. The molecule has 1 aliphatic heterocycles. The third kappa shape index (κ3) is 3.75. The highest BCUT2D eigenvalue weighted by Crippen LogP contribution is 2.47. The first-order chi connectivity index (χ1) is 13.3. The zero-order chi connectivity index (χ0) is 20.5. The van der Waals surface area contributed by atoms with Crippen molar-refractivity contribution in [3.63, 3.8) is 0 Å². The number of carbonyl (C=O) groups is 2. The maximum atomic E-state index is 13.2. The number of esters is 1. The van der Waals surface area contributed by atoms with Gasteiger partial charge < -0.3 is 14.8 Å². The van der Waals surface area contributed by atoms with Gasteiger partial charge in [-0.25, -0.2) is 4.79 Å². The molecule has 1 atom stereocenters. The second-order valence-corrected chi connectivity index (χ2v) is 8.09. The Morgan fingerprint density at radius 3 is 2.79 bits per heavy atom. The van der Waals surface area contributed by atoms with E-state index in [4.69, 9.17) is 9.47 Å². The third-order valence-corrected chi connectivity index (χ3v) is 5.22. The lowest BCUT2D eigenvalue weighted by Crippen LogP contribution is -2.38. The molecule has 0 spiro atoms. The lowest BCUT2D eigenvalue weighted by atomic mass is 9.68. The maximum Gasteiger partial charge on any atom is 0.337 e. The molecule has 28 heavy (non-hydrogen) atoms. The highest BCUT2D eigenvalue weighted by Gasteiger charge is 2.43. The fraction of sp³-hybridized carbons (Fsp3) is 0.391. The van der Waals surface area contributed by atoms with Crippen LogP contribution in [-0.4, -0.2) is 25.5 Å². The Labute approximate surface area is 166 Å². The summed E-state index contributed by atoms with van der Waals surface area (Å²) in [4.78, 5) is 26.0. The lowest BCUT2D eigenvalue weighted by Gasteiger charge is -2.39. The first-order valence-electron chi connectivity index (χ1n) is 9.43. The van der Waals surface area contributed by atoms with Gasteiger partial charge >= 0.3 is 5.97 Å². The predicted octanol–water partition coefficient (Wildman–Crippen LogP) is 4.03. The van der Waals surface area contributed by atoms with Crippen molar-refractivity contribution in [3.05, 3.63) is 65.0 Å². The average Bonchev–Trinajstić information content (AvgIpc) is 2.64. The summed E-state index contributed by atoms with van der Waals surface area (Å²) in [7, 11) is 1.60. The molecule has 0 bridgehead atoms. The minimum atomic E-state index is -0.479. The minimum absolute atomic E-state index is 0.0630. The molecule has 5 heteroatoms. The van der Waals surface area contributed by atoms with Crippen molar-refractivity contribution in [1.82, 2.24) is 5.32 Å². The van der Waals surface area contributed by atoms with Gasteiger partial charge in [-0.15, -0.1) is 0 Å². The lowest BCUT2D eigenvalue weighted by molar-refractivity contribution is -0.138. The monoisotopic (exact) mass is 381 g/mol. The smallest absolute Gasteiger partial charge is 0.337 e. The summed E-state index contributed by atoms with van der Waals surface area (Å²) >= 11 is 0. The summed E-state index contributed by atoms with van der Waals surface area (Å²) in [6, 6.07) is 7.51.